The second kappa shape index (κ2) is 16.2. The maximum absolute atomic E-state index is 6.47. The number of aromatic nitrogens is 8. The van der Waals surface area contributed by atoms with E-state index in [4.69, 9.17) is 35.6 Å². The van der Waals surface area contributed by atoms with Crippen molar-refractivity contribution >= 4 is 23.2 Å². The van der Waals surface area contributed by atoms with Crippen LogP contribution < -0.4 is 14.8 Å². The molecule has 4 atom stereocenters. The van der Waals surface area contributed by atoms with Crippen LogP contribution in [0.2, 0.25) is 5.02 Å². The highest BCUT2D eigenvalue weighted by Gasteiger charge is 2.32. The highest BCUT2D eigenvalue weighted by atomic mass is 35.5. The zero-order valence-electron chi connectivity index (χ0n) is 28.9. The van der Waals surface area contributed by atoms with E-state index in [0.717, 1.165) is 62.0 Å². The van der Waals surface area contributed by atoms with Crippen LogP contribution >= 0.6 is 11.6 Å². The molecule has 0 bridgehead atoms. The molecule has 0 radical (unpaired) electrons. The first kappa shape index (κ1) is 35.0. The summed E-state index contributed by atoms with van der Waals surface area (Å²) in [5, 5.41) is 20.0. The molecule has 2 fully saturated rings. The molecule has 14 nitrogen and oxygen atoms in total. The third-order valence-corrected chi connectivity index (χ3v) is 9.51. The minimum absolute atomic E-state index is 0.0864. The summed E-state index contributed by atoms with van der Waals surface area (Å²) in [7, 11) is 1.71. The van der Waals surface area contributed by atoms with Gasteiger partial charge in [0, 0.05) is 50.6 Å². The molecule has 4 aromatic rings. The molecule has 2 unspecified atom stereocenters. The van der Waals surface area contributed by atoms with Crippen LogP contribution in [0.1, 0.15) is 65.8 Å². The summed E-state index contributed by atoms with van der Waals surface area (Å²) in [6.45, 7) is 11.3. The third kappa shape index (κ3) is 9.24. The molecule has 1 aromatic carbocycles. The van der Waals surface area contributed by atoms with E-state index in [9.17, 15) is 0 Å². The molecule has 4 heterocycles. The van der Waals surface area contributed by atoms with Gasteiger partial charge < -0.3 is 24.3 Å². The van der Waals surface area contributed by atoms with E-state index in [-0.39, 0.29) is 24.4 Å². The van der Waals surface area contributed by atoms with Crippen LogP contribution in [0, 0.1) is 0 Å². The largest absolute Gasteiger partial charge is 0.487 e. The SMILES string of the molecule is COC(C)CCOc1nn(C2CCC(N3C[C@@H](C)O[C@@H](C)C3)CC2)cc1Nc1ncc(-c2ccc(Cl)c(OC(C)Cn3cnnn3)c2)cn1. The second-order valence-electron chi connectivity index (χ2n) is 13.2. The predicted octanol–water partition coefficient (Wildman–Crippen LogP) is 5.59. The molecule has 1 aliphatic heterocycles. The summed E-state index contributed by atoms with van der Waals surface area (Å²) >= 11 is 6.47. The fraction of sp³-hybridized carbons (Fsp3) is 0.588. The molecule has 49 heavy (non-hydrogen) atoms. The van der Waals surface area contributed by atoms with E-state index in [1.807, 2.05) is 32.2 Å². The fourth-order valence-electron chi connectivity index (χ4n) is 6.61. The topological polar surface area (TPSA) is 139 Å². The smallest absolute Gasteiger partial charge is 0.256 e. The number of hydrogen-bond donors (Lipinski definition) is 1. The lowest BCUT2D eigenvalue weighted by Gasteiger charge is -2.42. The molecule has 15 heteroatoms. The van der Waals surface area contributed by atoms with Crippen molar-refractivity contribution in [2.75, 3.05) is 32.1 Å². The van der Waals surface area contributed by atoms with Gasteiger partial charge in [-0.2, -0.15) is 0 Å². The van der Waals surface area contributed by atoms with Crippen LogP contribution in [0.15, 0.2) is 43.1 Å². The molecule has 264 valence electrons. The van der Waals surface area contributed by atoms with Gasteiger partial charge in [0.05, 0.1) is 48.7 Å². The quantitative estimate of drug-likeness (QED) is 0.176. The van der Waals surface area contributed by atoms with Gasteiger partial charge in [-0.3, -0.25) is 9.58 Å². The van der Waals surface area contributed by atoms with Crippen molar-refractivity contribution < 1.29 is 18.9 Å². The number of nitrogens with one attached hydrogen (secondary N) is 1. The van der Waals surface area contributed by atoms with Gasteiger partial charge in [-0.05, 0) is 81.5 Å². The van der Waals surface area contributed by atoms with Crippen molar-refractivity contribution in [3.63, 3.8) is 0 Å². The fourth-order valence-corrected chi connectivity index (χ4v) is 6.78. The van der Waals surface area contributed by atoms with Gasteiger partial charge in [0.25, 0.3) is 5.88 Å². The van der Waals surface area contributed by atoms with E-state index in [1.54, 1.807) is 36.6 Å². The van der Waals surface area contributed by atoms with Crippen LogP contribution in [-0.2, 0) is 16.0 Å². The highest BCUT2D eigenvalue weighted by Crippen LogP contribution is 2.36. The van der Waals surface area contributed by atoms with Crippen LogP contribution in [0.25, 0.3) is 11.1 Å². The number of benzene rings is 1. The Bertz CT molecular complexity index is 1600. The number of anilines is 2. The third-order valence-electron chi connectivity index (χ3n) is 9.19. The second-order valence-corrected chi connectivity index (χ2v) is 13.6. The summed E-state index contributed by atoms with van der Waals surface area (Å²) in [6, 6.07) is 6.48. The minimum Gasteiger partial charge on any atom is -0.487 e. The van der Waals surface area contributed by atoms with Gasteiger partial charge >= 0.3 is 0 Å². The molecule has 3 aromatic heterocycles. The Balaban J connectivity index is 1.12. The summed E-state index contributed by atoms with van der Waals surface area (Å²) in [6.07, 6.45) is 12.7. The van der Waals surface area contributed by atoms with Crippen molar-refractivity contribution in [2.45, 2.75) is 103 Å². The van der Waals surface area contributed by atoms with Gasteiger partial charge in [0.1, 0.15) is 23.9 Å². The Morgan fingerprint density at radius 3 is 2.43 bits per heavy atom. The molecule has 0 spiro atoms. The van der Waals surface area contributed by atoms with Crippen LogP contribution in [0.4, 0.5) is 11.6 Å². The molecule has 1 saturated carbocycles. The number of hydrogen-bond acceptors (Lipinski definition) is 12. The number of ether oxygens (including phenoxy) is 4. The van der Waals surface area contributed by atoms with E-state index >= 15 is 0 Å². The van der Waals surface area contributed by atoms with E-state index < -0.39 is 0 Å². The monoisotopic (exact) mass is 694 g/mol. The number of halogens is 1. The van der Waals surface area contributed by atoms with Crippen molar-refractivity contribution in [1.29, 1.82) is 0 Å². The molecule has 1 saturated heterocycles. The first-order chi connectivity index (χ1) is 23.7. The van der Waals surface area contributed by atoms with Gasteiger partial charge in [-0.1, -0.05) is 17.7 Å². The van der Waals surface area contributed by atoms with Crippen LogP contribution in [0.3, 0.4) is 0 Å². The summed E-state index contributed by atoms with van der Waals surface area (Å²) in [4.78, 5) is 11.9. The summed E-state index contributed by atoms with van der Waals surface area (Å²) in [5.41, 5.74) is 2.43. The highest BCUT2D eigenvalue weighted by molar-refractivity contribution is 6.32. The molecule has 2 aliphatic rings. The molecule has 6 rings (SSSR count). The Kier molecular flexibility index (Phi) is 11.6. The molecular weight excluding hydrogens is 648 g/mol. The average Bonchev–Trinajstić information content (AvgIpc) is 3.75. The Morgan fingerprint density at radius 1 is 1.00 bits per heavy atom. The predicted molar refractivity (Wildman–Crippen MR) is 185 cm³/mol. The van der Waals surface area contributed by atoms with Gasteiger partial charge in [0.2, 0.25) is 5.95 Å². The van der Waals surface area contributed by atoms with Crippen molar-refractivity contribution in [3.8, 4) is 22.8 Å². The number of methoxy groups -OCH3 is 1. The first-order valence-electron chi connectivity index (χ1n) is 17.1. The maximum atomic E-state index is 6.47. The van der Waals surface area contributed by atoms with Gasteiger partial charge in [-0.25, -0.2) is 14.6 Å². The van der Waals surface area contributed by atoms with Crippen molar-refractivity contribution in [1.82, 2.24) is 44.9 Å². The normalized spacial score (nSPS) is 22.8. The summed E-state index contributed by atoms with van der Waals surface area (Å²) < 4.78 is 27.3. The molecule has 1 aliphatic carbocycles. The van der Waals surface area contributed by atoms with Crippen LogP contribution in [-0.4, -0.2) is 102 Å². The Morgan fingerprint density at radius 2 is 1.73 bits per heavy atom. The number of morpholine rings is 1. The Hall–Kier alpha value is -3.85. The lowest BCUT2D eigenvalue weighted by molar-refractivity contribution is -0.0852. The first-order valence-corrected chi connectivity index (χ1v) is 17.5. The molecule has 0 amide bonds. The van der Waals surface area contributed by atoms with Crippen LogP contribution in [0.5, 0.6) is 11.6 Å². The summed E-state index contributed by atoms with van der Waals surface area (Å²) in [5.74, 6) is 1.53. The Labute approximate surface area is 292 Å². The standard InChI is InChI=1S/C34H47ClN10O4/c1-22(46-5)12-13-47-33-31(20-45(40-33)29-9-7-28(8-10-29)43-17-23(2)48-24(3)18-43)39-34-36-15-27(16-37-34)26-6-11-30(35)32(14-26)49-25(4)19-44-21-38-41-42-44/h6,11,14-16,20-25,28-29H,7-10,12-13,17-19H2,1-5H3,(H,36,37,39)/t22?,23-,24+,25?,28?,29?. The van der Waals surface area contributed by atoms with Gasteiger partial charge in [-0.15, -0.1) is 10.2 Å². The van der Waals surface area contributed by atoms with E-state index in [2.05, 4.69) is 54.2 Å². The average molecular weight is 695 g/mol. The number of nitrogens with zero attached hydrogens (tertiary/aromatic N) is 9. The molecular formula is C34H47ClN10O4. The lowest BCUT2D eigenvalue weighted by atomic mass is 9.89. The van der Waals surface area contributed by atoms with Crippen molar-refractivity contribution in [2.24, 2.45) is 0 Å². The van der Waals surface area contributed by atoms with E-state index in [0.29, 0.717) is 47.8 Å². The zero-order chi connectivity index (χ0) is 34.3. The number of rotatable bonds is 14. The minimum atomic E-state index is -0.207. The zero-order valence-corrected chi connectivity index (χ0v) is 29.7. The lowest BCUT2D eigenvalue weighted by Crippen LogP contribution is -2.51. The van der Waals surface area contributed by atoms with Gasteiger partial charge in [0.15, 0.2) is 0 Å². The van der Waals surface area contributed by atoms with E-state index in [1.165, 1.54) is 0 Å². The van der Waals surface area contributed by atoms with Crippen molar-refractivity contribution in [3.05, 3.63) is 48.1 Å². The molecule has 1 N–H and O–H groups in total. The maximum Gasteiger partial charge on any atom is 0.256 e. The number of tetrazole rings is 1.